The van der Waals surface area contributed by atoms with Crippen LogP contribution in [0.4, 0.5) is 34.1 Å². The molecule has 2 nitrogen and oxygen atoms in total. The van der Waals surface area contributed by atoms with Crippen LogP contribution >= 0.6 is 0 Å². The Balaban J connectivity index is 0.958. The van der Waals surface area contributed by atoms with Gasteiger partial charge in [-0.3, -0.25) is 0 Å². The molecular formula is C95H98N2. The molecular weight excluding hydrogens is 1170 g/mol. The van der Waals surface area contributed by atoms with Crippen LogP contribution in [0, 0.1) is 6.92 Å². The number of hydrogen-bond donors (Lipinski definition) is 0. The Kier molecular flexibility index (Phi) is 22.7. The van der Waals surface area contributed by atoms with Crippen molar-refractivity contribution in [3.05, 3.63) is 301 Å². The summed E-state index contributed by atoms with van der Waals surface area (Å²) in [4.78, 5) is 4.83. The molecule has 0 aliphatic heterocycles. The molecule has 0 bridgehead atoms. The van der Waals surface area contributed by atoms with Crippen LogP contribution in [0.5, 0.6) is 0 Å². The highest BCUT2D eigenvalue weighted by molar-refractivity contribution is 6.14. The first-order valence-corrected chi connectivity index (χ1v) is 36.5. The van der Waals surface area contributed by atoms with Gasteiger partial charge in [0.15, 0.2) is 0 Å². The van der Waals surface area contributed by atoms with Gasteiger partial charge in [-0.1, -0.05) is 299 Å². The molecule has 0 radical (unpaired) electrons. The Morgan fingerprint density at radius 3 is 0.969 bits per heavy atom. The van der Waals surface area contributed by atoms with Crippen LogP contribution in [0.25, 0.3) is 89.3 Å². The Bertz CT molecular complexity index is 4520. The number of fused-ring (bicyclic) bond motifs is 2. The van der Waals surface area contributed by atoms with E-state index in [-0.39, 0.29) is 0 Å². The summed E-state index contributed by atoms with van der Waals surface area (Å²) in [5.74, 6) is 0.561. The van der Waals surface area contributed by atoms with Crippen LogP contribution in [0.2, 0.25) is 0 Å². The maximum Gasteiger partial charge on any atom is 0.0462 e. The van der Waals surface area contributed by atoms with Gasteiger partial charge in [-0.15, -0.1) is 0 Å². The highest BCUT2D eigenvalue weighted by Crippen LogP contribution is 2.48. The Morgan fingerprint density at radius 1 is 0.320 bits per heavy atom. The quantitative estimate of drug-likeness (QED) is 0.0400. The van der Waals surface area contributed by atoms with Crippen molar-refractivity contribution < 1.29 is 0 Å². The zero-order valence-corrected chi connectivity index (χ0v) is 58.3. The van der Waals surface area contributed by atoms with E-state index < -0.39 is 0 Å². The summed E-state index contributed by atoms with van der Waals surface area (Å²) in [6.07, 6.45) is 24.4. The molecule has 97 heavy (non-hydrogen) atoms. The molecule has 488 valence electrons. The van der Waals surface area contributed by atoms with Crippen LogP contribution in [0.1, 0.15) is 163 Å². The van der Waals surface area contributed by atoms with Gasteiger partial charge in [0.2, 0.25) is 0 Å². The summed E-state index contributed by atoms with van der Waals surface area (Å²) in [5.41, 5.74) is 27.2. The van der Waals surface area contributed by atoms with Crippen LogP contribution in [0.3, 0.4) is 0 Å². The van der Waals surface area contributed by atoms with Gasteiger partial charge in [0, 0.05) is 34.1 Å². The Morgan fingerprint density at radius 2 is 0.629 bits per heavy atom. The highest BCUT2D eigenvalue weighted by atomic mass is 15.1. The summed E-state index contributed by atoms with van der Waals surface area (Å²) in [6.45, 7) is 19.4. The predicted octanol–water partition coefficient (Wildman–Crippen LogP) is 29.0. The van der Waals surface area contributed by atoms with Gasteiger partial charge >= 0.3 is 0 Å². The zero-order valence-electron chi connectivity index (χ0n) is 58.3. The average molecular weight is 1270 g/mol. The molecule has 0 aromatic heterocycles. The minimum absolute atomic E-state index is 0.561. The molecule has 0 N–H and O–H groups in total. The Labute approximate surface area is 580 Å². The van der Waals surface area contributed by atoms with Crippen molar-refractivity contribution in [1.82, 2.24) is 0 Å². The monoisotopic (exact) mass is 1270 g/mol. The normalized spacial score (nSPS) is 11.7. The van der Waals surface area contributed by atoms with Crippen LogP contribution < -0.4 is 9.80 Å². The fraction of sp³-hybridized carbons (Fsp3) is 0.242. The largest absolute Gasteiger partial charge is 0.311 e. The molecule has 0 spiro atoms. The molecule has 0 aliphatic rings. The number of unbranched alkanes of at least 4 members (excludes halogenated alkanes) is 10. The second kappa shape index (κ2) is 32.8. The third-order valence-corrected chi connectivity index (χ3v) is 20.2. The van der Waals surface area contributed by atoms with E-state index in [9.17, 15) is 0 Å². The topological polar surface area (TPSA) is 6.48 Å². The summed E-state index contributed by atoms with van der Waals surface area (Å²) >= 11 is 0. The molecule has 0 heterocycles. The summed E-state index contributed by atoms with van der Waals surface area (Å²) in [6, 6.07) is 96.6. The van der Waals surface area contributed by atoms with Crippen LogP contribution in [-0.4, -0.2) is 0 Å². The van der Waals surface area contributed by atoms with Crippen molar-refractivity contribution in [2.24, 2.45) is 0 Å². The van der Waals surface area contributed by atoms with Gasteiger partial charge in [0.1, 0.15) is 0 Å². The Hall–Kier alpha value is -9.76. The lowest BCUT2D eigenvalue weighted by Gasteiger charge is -2.27. The number of hydrogen-bond acceptors (Lipinski definition) is 2. The van der Waals surface area contributed by atoms with E-state index in [4.69, 9.17) is 0 Å². The minimum Gasteiger partial charge on any atom is -0.311 e. The first-order chi connectivity index (χ1) is 47.8. The maximum absolute atomic E-state index is 3.98. The first kappa shape index (κ1) is 67.2. The van der Waals surface area contributed by atoms with Crippen molar-refractivity contribution in [1.29, 1.82) is 0 Å². The standard InChI is InChI=1S/C95H98N2/c1-8-14-16-18-20-22-29-80-67-92(78-51-63-86(64-52-78)96(82-55-35-69(7)36-56-82)84-59-47-76(48-60-84)74-41-37-70(11-4)38-42-74)88-31-24-26-33-90(88)94(80)95-81(30-23-21-19-17-15-9-2)68-93(89-32-25-27-34-91(89)95)79-53-65-87(66-54-79)97(83-57-45-73(46-58-83)72(13-6)28-10-3)85-61-49-77(50-62-85)75-43-39-71(12-5)40-44-75/h11-12,24-27,31-68,72H,4-5,8-10,13-23,28-30H2,1-3,6-7H3. The molecule has 0 aliphatic carbocycles. The van der Waals surface area contributed by atoms with E-state index in [0.29, 0.717) is 5.92 Å². The molecule has 0 amide bonds. The molecule has 12 aromatic rings. The van der Waals surface area contributed by atoms with Crippen molar-refractivity contribution in [2.75, 3.05) is 9.80 Å². The fourth-order valence-corrected chi connectivity index (χ4v) is 14.8. The highest BCUT2D eigenvalue weighted by Gasteiger charge is 2.24. The molecule has 1 atom stereocenters. The third-order valence-electron chi connectivity index (χ3n) is 20.2. The van der Waals surface area contributed by atoms with Crippen molar-refractivity contribution >= 4 is 67.8 Å². The van der Waals surface area contributed by atoms with E-state index in [1.54, 1.807) is 0 Å². The lowest BCUT2D eigenvalue weighted by atomic mass is 9.80. The smallest absolute Gasteiger partial charge is 0.0462 e. The molecule has 0 saturated heterocycles. The van der Waals surface area contributed by atoms with E-state index >= 15 is 0 Å². The van der Waals surface area contributed by atoms with Gasteiger partial charge in [-0.05, 0) is 241 Å². The van der Waals surface area contributed by atoms with Gasteiger partial charge in [0.25, 0.3) is 0 Å². The second-order valence-electron chi connectivity index (χ2n) is 26.9. The summed E-state index contributed by atoms with van der Waals surface area (Å²) in [5, 5.41) is 5.25. The van der Waals surface area contributed by atoms with E-state index in [0.717, 1.165) is 77.4 Å². The first-order valence-electron chi connectivity index (χ1n) is 36.5. The van der Waals surface area contributed by atoms with Gasteiger partial charge in [-0.25, -0.2) is 0 Å². The number of rotatable bonds is 31. The lowest BCUT2D eigenvalue weighted by molar-refractivity contribution is 0.596. The third kappa shape index (κ3) is 15.7. The average Bonchev–Trinajstić information content (AvgIpc) is 0.734. The van der Waals surface area contributed by atoms with Gasteiger partial charge in [0.05, 0.1) is 0 Å². The predicted molar refractivity (Wildman–Crippen MR) is 425 cm³/mol. The van der Waals surface area contributed by atoms with Crippen molar-refractivity contribution in [3.8, 4) is 55.6 Å². The number of nitrogens with zero attached hydrogens (tertiary/aromatic N) is 2. The molecule has 0 saturated carbocycles. The van der Waals surface area contributed by atoms with Crippen LogP contribution in [0.15, 0.2) is 268 Å². The maximum atomic E-state index is 3.98. The molecule has 12 rings (SSSR count). The van der Waals surface area contributed by atoms with Crippen molar-refractivity contribution in [2.45, 2.75) is 150 Å². The summed E-state index contributed by atoms with van der Waals surface area (Å²) < 4.78 is 0. The number of benzene rings is 12. The van der Waals surface area contributed by atoms with E-state index in [1.165, 1.54) is 176 Å². The molecule has 2 heteroatoms. The molecule has 1 unspecified atom stereocenters. The van der Waals surface area contributed by atoms with Crippen molar-refractivity contribution in [3.63, 3.8) is 0 Å². The minimum atomic E-state index is 0.561. The fourth-order valence-electron chi connectivity index (χ4n) is 14.8. The van der Waals surface area contributed by atoms with E-state index in [1.807, 2.05) is 12.2 Å². The SMILES string of the molecule is C=Cc1ccc(-c2ccc(N(c3ccc(C)cc3)c3ccc(-c4cc(CCCCCCCC)c(-c5c(CCCCCCCC)cc(-c6ccc(N(c7ccc(-c8ccc(C=C)cc8)cc7)c7ccc(C(CC)CCC)cc7)cc6)c6ccccc56)c5ccccc45)cc3)cc2)cc1. The number of anilines is 6. The molecule has 0 fully saturated rings. The van der Waals surface area contributed by atoms with E-state index in [2.05, 4.69) is 312 Å². The number of aryl methyl sites for hydroxylation is 3. The van der Waals surface area contributed by atoms with Gasteiger partial charge in [-0.2, -0.15) is 0 Å². The molecule has 12 aromatic carbocycles. The van der Waals surface area contributed by atoms with Crippen LogP contribution in [-0.2, 0) is 12.8 Å². The van der Waals surface area contributed by atoms with Gasteiger partial charge < -0.3 is 9.80 Å². The second-order valence-corrected chi connectivity index (χ2v) is 26.9. The zero-order chi connectivity index (χ0) is 66.9. The summed E-state index contributed by atoms with van der Waals surface area (Å²) in [7, 11) is 0. The lowest BCUT2D eigenvalue weighted by Crippen LogP contribution is -2.10.